The predicted octanol–water partition coefficient (Wildman–Crippen LogP) is 8.55. The molecule has 1 aromatic carbocycles. The largest absolute Gasteiger partial charge is 0.461 e. The van der Waals surface area contributed by atoms with Gasteiger partial charge < -0.3 is 4.74 Å². The molecule has 0 aliphatic heterocycles. The second-order valence-electron chi connectivity index (χ2n) is 8.57. The summed E-state index contributed by atoms with van der Waals surface area (Å²) in [5.74, 6) is -0.0527. The number of ether oxygens (including phenoxy) is 1. The second kappa shape index (κ2) is 18.7. The summed E-state index contributed by atoms with van der Waals surface area (Å²) in [6.07, 6.45) is 21.4. The second-order valence-corrected chi connectivity index (χ2v) is 8.57. The summed E-state index contributed by atoms with van der Waals surface area (Å²) < 4.78 is 5.42. The van der Waals surface area contributed by atoms with Crippen LogP contribution in [-0.4, -0.2) is 5.97 Å². The standard InChI is InChI=1S/C27H46O2/c1-3-5-7-8-9-10-11-12-13-14-15-16-17-19-27(28)29-24-26-22-20-25(21-23-26)18-6-4-2/h20-23H,3-19,24H2,1-2H3. The molecule has 2 heteroatoms. The minimum atomic E-state index is -0.0527. The van der Waals surface area contributed by atoms with Crippen molar-refractivity contribution in [2.24, 2.45) is 0 Å². The molecule has 0 aliphatic rings. The van der Waals surface area contributed by atoms with Crippen molar-refractivity contribution < 1.29 is 9.53 Å². The zero-order chi connectivity index (χ0) is 21.0. The number of aryl methyl sites for hydroxylation is 1. The molecular formula is C27H46O2. The van der Waals surface area contributed by atoms with Crippen LogP contribution in [0.4, 0.5) is 0 Å². The normalized spacial score (nSPS) is 11.0. The van der Waals surface area contributed by atoms with E-state index in [4.69, 9.17) is 4.74 Å². The molecule has 0 radical (unpaired) electrons. The van der Waals surface area contributed by atoms with Gasteiger partial charge >= 0.3 is 5.97 Å². The molecule has 0 aliphatic carbocycles. The quantitative estimate of drug-likeness (QED) is 0.171. The van der Waals surface area contributed by atoms with E-state index in [-0.39, 0.29) is 5.97 Å². The third-order valence-electron chi connectivity index (χ3n) is 5.73. The van der Waals surface area contributed by atoms with Gasteiger partial charge in [-0.25, -0.2) is 0 Å². The summed E-state index contributed by atoms with van der Waals surface area (Å²) in [5, 5.41) is 0. The zero-order valence-electron chi connectivity index (χ0n) is 19.4. The lowest BCUT2D eigenvalue weighted by Gasteiger charge is -2.06. The Morgan fingerprint density at radius 3 is 1.59 bits per heavy atom. The molecule has 0 unspecified atom stereocenters. The molecule has 166 valence electrons. The smallest absolute Gasteiger partial charge is 0.306 e. The first-order chi connectivity index (χ1) is 14.3. The van der Waals surface area contributed by atoms with E-state index in [9.17, 15) is 4.79 Å². The fraction of sp³-hybridized carbons (Fsp3) is 0.741. The average Bonchev–Trinajstić information content (AvgIpc) is 2.74. The van der Waals surface area contributed by atoms with Crippen molar-refractivity contribution in [3.63, 3.8) is 0 Å². The molecule has 2 nitrogen and oxygen atoms in total. The maximum absolute atomic E-state index is 11.9. The molecule has 0 saturated heterocycles. The van der Waals surface area contributed by atoms with Gasteiger partial charge in [-0.15, -0.1) is 0 Å². The van der Waals surface area contributed by atoms with E-state index in [1.807, 2.05) is 0 Å². The molecular weight excluding hydrogens is 356 g/mol. The Bertz CT molecular complexity index is 492. The number of carbonyl (C=O) groups excluding carboxylic acids is 1. The summed E-state index contributed by atoms with van der Waals surface area (Å²) in [4.78, 5) is 11.9. The van der Waals surface area contributed by atoms with Gasteiger partial charge in [0.05, 0.1) is 0 Å². The van der Waals surface area contributed by atoms with Crippen LogP contribution in [0.2, 0.25) is 0 Å². The molecule has 0 heterocycles. The molecule has 0 bridgehead atoms. The molecule has 29 heavy (non-hydrogen) atoms. The van der Waals surface area contributed by atoms with Crippen LogP contribution in [0.3, 0.4) is 0 Å². The van der Waals surface area contributed by atoms with E-state index in [0.29, 0.717) is 13.0 Å². The lowest BCUT2D eigenvalue weighted by atomic mass is 10.0. The van der Waals surface area contributed by atoms with Crippen LogP contribution in [0, 0.1) is 0 Å². The highest BCUT2D eigenvalue weighted by Gasteiger charge is 2.04. The predicted molar refractivity (Wildman–Crippen MR) is 125 cm³/mol. The highest BCUT2D eigenvalue weighted by atomic mass is 16.5. The average molecular weight is 403 g/mol. The number of esters is 1. The minimum absolute atomic E-state index is 0.0527. The van der Waals surface area contributed by atoms with Gasteiger partial charge in [-0.2, -0.15) is 0 Å². The van der Waals surface area contributed by atoms with E-state index < -0.39 is 0 Å². The molecule has 1 rings (SSSR count). The van der Waals surface area contributed by atoms with Crippen molar-refractivity contribution in [2.75, 3.05) is 0 Å². The van der Waals surface area contributed by atoms with Crippen LogP contribution in [0.5, 0.6) is 0 Å². The van der Waals surface area contributed by atoms with Crippen molar-refractivity contribution in [3.8, 4) is 0 Å². The summed E-state index contributed by atoms with van der Waals surface area (Å²) in [6.45, 7) is 4.90. The maximum Gasteiger partial charge on any atom is 0.306 e. The topological polar surface area (TPSA) is 26.3 Å². The third-order valence-corrected chi connectivity index (χ3v) is 5.73. The summed E-state index contributed by atoms with van der Waals surface area (Å²) in [7, 11) is 0. The van der Waals surface area contributed by atoms with Gasteiger partial charge in [0.2, 0.25) is 0 Å². The highest BCUT2D eigenvalue weighted by molar-refractivity contribution is 5.69. The van der Waals surface area contributed by atoms with Crippen molar-refractivity contribution in [2.45, 2.75) is 130 Å². The lowest BCUT2D eigenvalue weighted by Crippen LogP contribution is -2.04. The number of hydrogen-bond donors (Lipinski definition) is 0. The third kappa shape index (κ3) is 15.2. The Balaban J connectivity index is 1.90. The molecule has 0 atom stereocenters. The van der Waals surface area contributed by atoms with Crippen molar-refractivity contribution in [3.05, 3.63) is 35.4 Å². The molecule has 0 saturated carbocycles. The number of unbranched alkanes of at least 4 members (excludes halogenated alkanes) is 13. The minimum Gasteiger partial charge on any atom is -0.461 e. The lowest BCUT2D eigenvalue weighted by molar-refractivity contribution is -0.145. The van der Waals surface area contributed by atoms with Gasteiger partial charge in [0.25, 0.3) is 0 Å². The van der Waals surface area contributed by atoms with E-state index >= 15 is 0 Å². The number of carbonyl (C=O) groups is 1. The van der Waals surface area contributed by atoms with Crippen LogP contribution >= 0.6 is 0 Å². The monoisotopic (exact) mass is 402 g/mol. The van der Waals surface area contributed by atoms with E-state index in [1.165, 1.54) is 89.0 Å². The molecule has 0 N–H and O–H groups in total. The Kier molecular flexibility index (Phi) is 16.6. The van der Waals surface area contributed by atoms with Gasteiger partial charge in [0.15, 0.2) is 0 Å². The SMILES string of the molecule is CCCCCCCCCCCCCCCC(=O)OCc1ccc(CCCC)cc1. The molecule has 1 aromatic rings. The molecule has 0 amide bonds. The van der Waals surface area contributed by atoms with Gasteiger partial charge in [-0.05, 0) is 30.4 Å². The van der Waals surface area contributed by atoms with Crippen LogP contribution in [-0.2, 0) is 22.6 Å². The molecule has 0 fully saturated rings. The maximum atomic E-state index is 11.9. The Morgan fingerprint density at radius 1 is 0.621 bits per heavy atom. The first kappa shape index (κ1) is 25.7. The first-order valence-electron chi connectivity index (χ1n) is 12.5. The fourth-order valence-electron chi connectivity index (χ4n) is 3.71. The number of benzene rings is 1. The summed E-state index contributed by atoms with van der Waals surface area (Å²) >= 11 is 0. The molecule has 0 aromatic heterocycles. The number of hydrogen-bond acceptors (Lipinski definition) is 2. The van der Waals surface area contributed by atoms with Gasteiger partial charge in [-0.1, -0.05) is 122 Å². The zero-order valence-corrected chi connectivity index (χ0v) is 19.4. The number of rotatable bonds is 19. The Morgan fingerprint density at radius 2 is 1.07 bits per heavy atom. The van der Waals surface area contributed by atoms with E-state index in [0.717, 1.165) is 24.8 Å². The van der Waals surface area contributed by atoms with Crippen molar-refractivity contribution >= 4 is 5.97 Å². The molecule has 0 spiro atoms. The van der Waals surface area contributed by atoms with Crippen LogP contribution in [0.1, 0.15) is 128 Å². The fourth-order valence-corrected chi connectivity index (χ4v) is 3.71. The van der Waals surface area contributed by atoms with E-state index in [1.54, 1.807) is 0 Å². The van der Waals surface area contributed by atoms with Crippen molar-refractivity contribution in [1.82, 2.24) is 0 Å². The first-order valence-corrected chi connectivity index (χ1v) is 12.5. The van der Waals surface area contributed by atoms with Crippen LogP contribution in [0.15, 0.2) is 24.3 Å². The Labute approximate surface area is 180 Å². The van der Waals surface area contributed by atoms with Gasteiger partial charge in [0, 0.05) is 6.42 Å². The van der Waals surface area contributed by atoms with Crippen LogP contribution in [0.25, 0.3) is 0 Å². The van der Waals surface area contributed by atoms with E-state index in [2.05, 4.69) is 38.1 Å². The van der Waals surface area contributed by atoms with Crippen LogP contribution < -0.4 is 0 Å². The summed E-state index contributed by atoms with van der Waals surface area (Å²) in [6, 6.07) is 8.49. The highest BCUT2D eigenvalue weighted by Crippen LogP contribution is 2.14. The van der Waals surface area contributed by atoms with Gasteiger partial charge in [0.1, 0.15) is 6.61 Å². The summed E-state index contributed by atoms with van der Waals surface area (Å²) in [5.41, 5.74) is 2.46. The van der Waals surface area contributed by atoms with Gasteiger partial charge in [-0.3, -0.25) is 4.79 Å². The van der Waals surface area contributed by atoms with Crippen molar-refractivity contribution in [1.29, 1.82) is 0 Å². The Hall–Kier alpha value is -1.31.